The van der Waals surface area contributed by atoms with Gasteiger partial charge in [-0.05, 0) is 29.7 Å². The van der Waals surface area contributed by atoms with Gasteiger partial charge in [-0.2, -0.15) is 0 Å². The molecule has 32 heavy (non-hydrogen) atoms. The molecule has 0 aliphatic rings. The first kappa shape index (κ1) is 22.7. The first-order valence-corrected chi connectivity index (χ1v) is 13.3. The van der Waals surface area contributed by atoms with E-state index in [0.29, 0.717) is 11.3 Å². The molecule has 0 radical (unpaired) electrons. The maximum atomic E-state index is 13.2. The van der Waals surface area contributed by atoms with E-state index in [-0.39, 0.29) is 0 Å². The second-order valence-electron chi connectivity index (χ2n) is 7.49. The van der Waals surface area contributed by atoms with E-state index in [1.807, 2.05) is 48.7 Å². The van der Waals surface area contributed by atoms with E-state index in [1.165, 1.54) is 22.7 Å². The molecule has 0 saturated heterocycles. The number of unbranched alkanes of at least 4 members (excludes halogenated alkanes) is 1. The molecular weight excluding hydrogens is 460 g/mol. The van der Waals surface area contributed by atoms with Crippen LogP contribution in [0.5, 0.6) is 0 Å². The van der Waals surface area contributed by atoms with E-state index in [0.717, 1.165) is 61.1 Å². The monoisotopic (exact) mass is 484 g/mol. The third kappa shape index (κ3) is 4.66. The smallest absolute Gasteiger partial charge is 0.150 e. The summed E-state index contributed by atoms with van der Waals surface area (Å²) in [6, 6.07) is 9.53. The van der Waals surface area contributed by atoms with Gasteiger partial charge in [-0.3, -0.25) is 9.00 Å². The van der Waals surface area contributed by atoms with Crippen LogP contribution in [0, 0.1) is 0 Å². The van der Waals surface area contributed by atoms with Crippen molar-refractivity contribution in [2.45, 2.75) is 24.0 Å². The Morgan fingerprint density at radius 1 is 1.25 bits per heavy atom. The van der Waals surface area contributed by atoms with E-state index >= 15 is 0 Å². The average Bonchev–Trinajstić information content (AvgIpc) is 3.45. The van der Waals surface area contributed by atoms with Crippen LogP contribution in [0.25, 0.3) is 32.0 Å². The molecule has 9 heteroatoms. The van der Waals surface area contributed by atoms with Crippen molar-refractivity contribution in [3.8, 4) is 21.8 Å². The van der Waals surface area contributed by atoms with Crippen LogP contribution in [0.2, 0.25) is 0 Å². The number of hydrogen-bond donors (Lipinski definition) is 1. The molecule has 1 unspecified atom stereocenters. The SMILES string of the molecule is CCCCS(=O)c1sc2nc(-c3nccs3)cc(-c3cccc(C=O)c3)c2c1NN(C)C. The summed E-state index contributed by atoms with van der Waals surface area (Å²) in [5.41, 5.74) is 7.40. The number of pyridine rings is 1. The lowest BCUT2D eigenvalue weighted by Gasteiger charge is -2.16. The molecule has 4 rings (SSSR count). The fourth-order valence-electron chi connectivity index (χ4n) is 3.40. The zero-order valence-corrected chi connectivity index (χ0v) is 20.6. The standard InChI is InChI=1S/C23H24N4O2S3/c1-4-5-11-32(29)23-20(26-27(2)3)19-17(16-8-6-7-15(12-16)14-28)13-18(25-22(19)31-23)21-24-9-10-30-21/h6-10,12-14,26H,4-5,11H2,1-3H3. The van der Waals surface area contributed by atoms with Gasteiger partial charge in [0.15, 0.2) is 0 Å². The fraction of sp³-hybridized carbons (Fsp3) is 0.261. The van der Waals surface area contributed by atoms with Crippen molar-refractivity contribution in [1.82, 2.24) is 15.0 Å². The van der Waals surface area contributed by atoms with Gasteiger partial charge in [0.25, 0.3) is 0 Å². The van der Waals surface area contributed by atoms with Crippen LogP contribution < -0.4 is 5.43 Å². The molecule has 6 nitrogen and oxygen atoms in total. The Kier molecular flexibility index (Phi) is 7.10. The Labute approximate surface area is 197 Å². The molecule has 166 valence electrons. The quantitative estimate of drug-likeness (QED) is 0.243. The molecule has 3 heterocycles. The normalized spacial score (nSPS) is 12.4. The van der Waals surface area contributed by atoms with Crippen LogP contribution in [0.3, 0.4) is 0 Å². The summed E-state index contributed by atoms with van der Waals surface area (Å²) in [4.78, 5) is 21.6. The topological polar surface area (TPSA) is 75.2 Å². The van der Waals surface area contributed by atoms with Crippen LogP contribution >= 0.6 is 22.7 Å². The molecule has 0 amide bonds. The average molecular weight is 485 g/mol. The molecule has 1 aromatic carbocycles. The lowest BCUT2D eigenvalue weighted by atomic mass is 10.00. The number of aldehydes is 1. The summed E-state index contributed by atoms with van der Waals surface area (Å²) in [5.74, 6) is 0.612. The summed E-state index contributed by atoms with van der Waals surface area (Å²) in [6.07, 6.45) is 4.50. The number of carbonyl (C=O) groups excluding carboxylic acids is 1. The number of hydrogen-bond acceptors (Lipinski definition) is 8. The van der Waals surface area contributed by atoms with Crippen molar-refractivity contribution in [2.24, 2.45) is 0 Å². The zero-order valence-electron chi connectivity index (χ0n) is 18.1. The van der Waals surface area contributed by atoms with Gasteiger partial charge in [0.1, 0.15) is 26.0 Å². The highest BCUT2D eigenvalue weighted by atomic mass is 32.2. The number of fused-ring (bicyclic) bond motifs is 1. The van der Waals surface area contributed by atoms with Crippen molar-refractivity contribution in [3.63, 3.8) is 0 Å². The van der Waals surface area contributed by atoms with Gasteiger partial charge >= 0.3 is 0 Å². The number of benzene rings is 1. The molecule has 0 spiro atoms. The Bertz CT molecular complexity index is 1270. The maximum Gasteiger partial charge on any atom is 0.150 e. The lowest BCUT2D eigenvalue weighted by molar-refractivity contribution is 0.112. The van der Waals surface area contributed by atoms with Crippen molar-refractivity contribution in [2.75, 3.05) is 25.3 Å². The molecule has 0 aliphatic heterocycles. The number of carbonyl (C=O) groups is 1. The highest BCUT2D eigenvalue weighted by molar-refractivity contribution is 7.87. The van der Waals surface area contributed by atoms with Gasteiger partial charge in [-0.1, -0.05) is 31.5 Å². The van der Waals surface area contributed by atoms with Gasteiger partial charge in [0.05, 0.1) is 16.5 Å². The van der Waals surface area contributed by atoms with E-state index in [4.69, 9.17) is 4.98 Å². The summed E-state index contributed by atoms with van der Waals surface area (Å²) in [7, 11) is 2.68. The molecule has 1 atom stereocenters. The molecule has 0 aliphatic carbocycles. The Morgan fingerprint density at radius 2 is 2.09 bits per heavy atom. The third-order valence-electron chi connectivity index (χ3n) is 4.84. The van der Waals surface area contributed by atoms with Crippen molar-refractivity contribution in [3.05, 3.63) is 47.5 Å². The molecule has 1 N–H and O–H groups in total. The molecular formula is C23H24N4O2S3. The van der Waals surface area contributed by atoms with Crippen LogP contribution in [-0.4, -0.2) is 45.3 Å². The Balaban J connectivity index is 2.02. The predicted octanol–water partition coefficient (Wildman–Crippen LogP) is 5.70. The van der Waals surface area contributed by atoms with Crippen molar-refractivity contribution in [1.29, 1.82) is 0 Å². The number of thiazole rings is 1. The molecule has 0 saturated carbocycles. The largest absolute Gasteiger partial charge is 0.317 e. The molecule has 0 fully saturated rings. The number of nitrogens with one attached hydrogen (secondary N) is 1. The van der Waals surface area contributed by atoms with Gasteiger partial charge < -0.3 is 5.43 Å². The summed E-state index contributed by atoms with van der Waals surface area (Å²) < 4.78 is 14.0. The van der Waals surface area contributed by atoms with E-state index in [1.54, 1.807) is 12.3 Å². The third-order valence-corrected chi connectivity index (χ3v) is 8.60. The first-order chi connectivity index (χ1) is 15.5. The summed E-state index contributed by atoms with van der Waals surface area (Å²) in [5, 5.41) is 5.50. The minimum atomic E-state index is -1.14. The van der Waals surface area contributed by atoms with Crippen LogP contribution in [0.4, 0.5) is 5.69 Å². The number of anilines is 1. The molecule has 0 bridgehead atoms. The first-order valence-electron chi connectivity index (χ1n) is 10.3. The van der Waals surface area contributed by atoms with Gasteiger partial charge in [-0.15, -0.1) is 22.7 Å². The van der Waals surface area contributed by atoms with Crippen LogP contribution in [0.1, 0.15) is 30.1 Å². The Hall–Kier alpha value is -2.46. The zero-order chi connectivity index (χ0) is 22.7. The summed E-state index contributed by atoms with van der Waals surface area (Å²) >= 11 is 2.99. The second kappa shape index (κ2) is 9.99. The summed E-state index contributed by atoms with van der Waals surface area (Å²) in [6.45, 7) is 2.10. The minimum Gasteiger partial charge on any atom is -0.317 e. The minimum absolute atomic E-state index is 0.604. The second-order valence-corrected chi connectivity index (χ2v) is 11.1. The lowest BCUT2D eigenvalue weighted by Crippen LogP contribution is -2.20. The van der Waals surface area contributed by atoms with Gasteiger partial charge in [0, 0.05) is 42.4 Å². The molecule has 3 aromatic heterocycles. The van der Waals surface area contributed by atoms with Gasteiger partial charge in [0.2, 0.25) is 0 Å². The number of rotatable bonds is 9. The Morgan fingerprint density at radius 3 is 2.78 bits per heavy atom. The number of hydrazine groups is 1. The number of nitrogens with zero attached hydrogens (tertiary/aromatic N) is 3. The fourth-order valence-corrected chi connectivity index (χ4v) is 6.85. The number of aromatic nitrogens is 2. The van der Waals surface area contributed by atoms with Crippen LogP contribution in [-0.2, 0) is 10.8 Å². The van der Waals surface area contributed by atoms with E-state index in [2.05, 4.69) is 17.3 Å². The van der Waals surface area contributed by atoms with Crippen molar-refractivity contribution < 1.29 is 9.00 Å². The predicted molar refractivity (Wildman–Crippen MR) is 135 cm³/mol. The van der Waals surface area contributed by atoms with E-state index < -0.39 is 10.8 Å². The maximum absolute atomic E-state index is 13.2. The van der Waals surface area contributed by atoms with Crippen molar-refractivity contribution >= 4 is 55.7 Å². The molecule has 4 aromatic rings. The van der Waals surface area contributed by atoms with E-state index in [9.17, 15) is 9.00 Å². The highest BCUT2D eigenvalue weighted by Crippen LogP contribution is 2.44. The van der Waals surface area contributed by atoms with Gasteiger partial charge in [-0.25, -0.2) is 15.0 Å². The highest BCUT2D eigenvalue weighted by Gasteiger charge is 2.23. The number of thiophene rings is 1. The van der Waals surface area contributed by atoms with Crippen LogP contribution in [0.15, 0.2) is 46.1 Å².